The van der Waals surface area contributed by atoms with E-state index in [9.17, 15) is 0 Å². The molecule has 0 amide bonds. The topological polar surface area (TPSA) is 0 Å². The Labute approximate surface area is 173 Å². The summed E-state index contributed by atoms with van der Waals surface area (Å²) in [5.41, 5.74) is 10.4. The molecule has 0 fully saturated rings. The SMILES string of the molecule is CCCCPc1c(C)c(C)c(C)c(C)c1-c1c(C(C)C)ccc2ccccc12. The summed E-state index contributed by atoms with van der Waals surface area (Å²) in [6, 6.07) is 13.6. The molecule has 0 saturated carbocycles. The average molecular weight is 391 g/mol. The highest BCUT2D eigenvalue weighted by molar-refractivity contribution is 7.47. The van der Waals surface area contributed by atoms with E-state index in [4.69, 9.17) is 0 Å². The Morgan fingerprint density at radius 1 is 0.786 bits per heavy atom. The fraction of sp³-hybridized carbons (Fsp3) is 0.407. The van der Waals surface area contributed by atoms with Crippen LogP contribution >= 0.6 is 8.58 Å². The maximum atomic E-state index is 2.37. The van der Waals surface area contributed by atoms with Gasteiger partial charge < -0.3 is 0 Å². The summed E-state index contributed by atoms with van der Waals surface area (Å²) in [5, 5.41) is 4.35. The van der Waals surface area contributed by atoms with Gasteiger partial charge in [0, 0.05) is 0 Å². The van der Waals surface area contributed by atoms with Crippen molar-refractivity contribution in [1.29, 1.82) is 0 Å². The largest absolute Gasteiger partial charge is 0.0894 e. The molecule has 0 nitrogen and oxygen atoms in total. The van der Waals surface area contributed by atoms with Gasteiger partial charge in [0.2, 0.25) is 0 Å². The summed E-state index contributed by atoms with van der Waals surface area (Å²) in [6.07, 6.45) is 3.89. The lowest BCUT2D eigenvalue weighted by Crippen LogP contribution is -2.14. The van der Waals surface area contributed by atoms with Crippen LogP contribution in [0.5, 0.6) is 0 Å². The summed E-state index contributed by atoms with van der Waals surface area (Å²) < 4.78 is 0. The van der Waals surface area contributed by atoms with Gasteiger partial charge in [0.05, 0.1) is 0 Å². The first-order valence-electron chi connectivity index (χ1n) is 10.7. The third kappa shape index (κ3) is 3.77. The van der Waals surface area contributed by atoms with E-state index in [1.807, 2.05) is 0 Å². The third-order valence-electron chi connectivity index (χ3n) is 6.35. The van der Waals surface area contributed by atoms with E-state index in [-0.39, 0.29) is 0 Å². The van der Waals surface area contributed by atoms with Gasteiger partial charge in [-0.05, 0) is 101 Å². The van der Waals surface area contributed by atoms with Crippen LogP contribution in [0.1, 0.15) is 67.3 Å². The number of hydrogen-bond donors (Lipinski definition) is 0. The molecule has 0 aliphatic heterocycles. The molecule has 148 valence electrons. The molecule has 3 aromatic carbocycles. The molecule has 0 N–H and O–H groups in total. The van der Waals surface area contributed by atoms with Crippen LogP contribution in [0.15, 0.2) is 36.4 Å². The normalized spacial score (nSPS) is 12.0. The summed E-state index contributed by atoms with van der Waals surface area (Å²) in [6.45, 7) is 16.3. The highest BCUT2D eigenvalue weighted by Crippen LogP contribution is 2.41. The minimum absolute atomic E-state index is 0.507. The van der Waals surface area contributed by atoms with Gasteiger partial charge in [-0.25, -0.2) is 0 Å². The molecule has 1 heteroatoms. The lowest BCUT2D eigenvalue weighted by atomic mass is 9.83. The number of fused-ring (bicyclic) bond motifs is 1. The zero-order chi connectivity index (χ0) is 20.4. The first-order valence-corrected chi connectivity index (χ1v) is 11.9. The Bertz CT molecular complexity index is 995. The van der Waals surface area contributed by atoms with Crippen molar-refractivity contribution in [3.05, 3.63) is 64.2 Å². The highest BCUT2D eigenvalue weighted by Gasteiger charge is 2.21. The van der Waals surface area contributed by atoms with E-state index in [0.717, 1.165) is 8.58 Å². The first-order chi connectivity index (χ1) is 13.4. The van der Waals surface area contributed by atoms with Crippen LogP contribution in [0, 0.1) is 27.7 Å². The van der Waals surface area contributed by atoms with Gasteiger partial charge >= 0.3 is 0 Å². The molecule has 0 bridgehead atoms. The van der Waals surface area contributed by atoms with Gasteiger partial charge in [-0.1, -0.05) is 72.2 Å². The standard InChI is InChI=1S/C27H35P/c1-8-9-16-28-27-21(7)19(5)18(4)20(6)25(27)26-23(17(2)3)15-14-22-12-10-11-13-24(22)26/h10-15,17,28H,8-9,16H2,1-7H3. The molecule has 28 heavy (non-hydrogen) atoms. The summed E-state index contributed by atoms with van der Waals surface area (Å²) in [4.78, 5) is 0. The Hall–Kier alpha value is -1.65. The number of hydrogen-bond acceptors (Lipinski definition) is 0. The summed E-state index contributed by atoms with van der Waals surface area (Å²) >= 11 is 0. The maximum absolute atomic E-state index is 2.37. The summed E-state index contributed by atoms with van der Waals surface area (Å²) in [7, 11) is 0.885. The Balaban J connectivity index is 2.42. The number of rotatable bonds is 6. The molecular weight excluding hydrogens is 355 g/mol. The predicted octanol–water partition coefficient (Wildman–Crippen LogP) is 7.97. The van der Waals surface area contributed by atoms with Gasteiger partial charge in [-0.15, -0.1) is 0 Å². The van der Waals surface area contributed by atoms with Gasteiger partial charge in [0.1, 0.15) is 0 Å². The molecular formula is C27H35P. The van der Waals surface area contributed by atoms with Crippen LogP contribution in [0.25, 0.3) is 21.9 Å². The van der Waals surface area contributed by atoms with E-state index in [2.05, 4.69) is 84.9 Å². The maximum Gasteiger partial charge on any atom is -0.00615 e. The van der Waals surface area contributed by atoms with Crippen molar-refractivity contribution in [3.8, 4) is 11.1 Å². The quantitative estimate of drug-likeness (QED) is 0.296. The van der Waals surface area contributed by atoms with Gasteiger partial charge in [-0.3, -0.25) is 0 Å². The molecule has 0 aliphatic carbocycles. The second-order valence-corrected chi connectivity index (χ2v) is 9.79. The molecule has 3 aromatic rings. The molecule has 1 atom stereocenters. The van der Waals surface area contributed by atoms with Crippen molar-refractivity contribution in [2.45, 2.75) is 67.2 Å². The van der Waals surface area contributed by atoms with Crippen molar-refractivity contribution in [2.24, 2.45) is 0 Å². The van der Waals surface area contributed by atoms with Crippen LogP contribution in [-0.2, 0) is 0 Å². The van der Waals surface area contributed by atoms with E-state index in [1.54, 1.807) is 5.30 Å². The van der Waals surface area contributed by atoms with Crippen molar-refractivity contribution >= 4 is 24.7 Å². The second-order valence-electron chi connectivity index (χ2n) is 8.44. The smallest absolute Gasteiger partial charge is 0.00615 e. The van der Waals surface area contributed by atoms with E-state index < -0.39 is 0 Å². The molecule has 0 radical (unpaired) electrons. The zero-order valence-electron chi connectivity index (χ0n) is 18.7. The van der Waals surface area contributed by atoms with E-state index in [1.165, 1.54) is 68.7 Å². The second kappa shape index (κ2) is 8.79. The molecule has 0 spiro atoms. The Morgan fingerprint density at radius 3 is 2.14 bits per heavy atom. The molecule has 1 unspecified atom stereocenters. The number of unbranched alkanes of at least 4 members (excludes halogenated alkanes) is 1. The first kappa shape index (κ1) is 21.1. The highest BCUT2D eigenvalue weighted by atomic mass is 31.1. The van der Waals surface area contributed by atoms with Crippen LogP contribution in [0.2, 0.25) is 0 Å². The minimum Gasteiger partial charge on any atom is -0.0894 e. The van der Waals surface area contributed by atoms with Crippen molar-refractivity contribution < 1.29 is 0 Å². The zero-order valence-corrected chi connectivity index (χ0v) is 19.7. The summed E-state index contributed by atoms with van der Waals surface area (Å²) in [5.74, 6) is 0.507. The van der Waals surface area contributed by atoms with Crippen LogP contribution in [0.3, 0.4) is 0 Å². The molecule has 3 rings (SSSR count). The Kier molecular flexibility index (Phi) is 6.61. The lowest BCUT2D eigenvalue weighted by Gasteiger charge is -2.25. The molecule has 0 saturated heterocycles. The number of benzene rings is 3. The van der Waals surface area contributed by atoms with E-state index >= 15 is 0 Å². The lowest BCUT2D eigenvalue weighted by molar-refractivity contribution is 0.870. The van der Waals surface area contributed by atoms with Gasteiger partial charge in [0.25, 0.3) is 0 Å². The predicted molar refractivity (Wildman–Crippen MR) is 130 cm³/mol. The molecule has 0 aromatic heterocycles. The van der Waals surface area contributed by atoms with Crippen molar-refractivity contribution in [2.75, 3.05) is 6.16 Å². The van der Waals surface area contributed by atoms with Gasteiger partial charge in [-0.2, -0.15) is 0 Å². The van der Waals surface area contributed by atoms with E-state index in [0.29, 0.717) is 5.92 Å². The van der Waals surface area contributed by atoms with Crippen molar-refractivity contribution in [3.63, 3.8) is 0 Å². The van der Waals surface area contributed by atoms with Crippen LogP contribution in [0.4, 0.5) is 0 Å². The monoisotopic (exact) mass is 390 g/mol. The molecule has 0 heterocycles. The van der Waals surface area contributed by atoms with Gasteiger partial charge in [0.15, 0.2) is 0 Å². The van der Waals surface area contributed by atoms with Crippen molar-refractivity contribution in [1.82, 2.24) is 0 Å². The third-order valence-corrected chi connectivity index (χ3v) is 7.93. The fourth-order valence-electron chi connectivity index (χ4n) is 4.28. The minimum atomic E-state index is 0.507. The average Bonchev–Trinajstić information content (AvgIpc) is 2.69. The fourth-order valence-corrected chi connectivity index (χ4v) is 6.01. The molecule has 0 aliphatic rings. The van der Waals surface area contributed by atoms with Crippen LogP contribution < -0.4 is 5.30 Å². The Morgan fingerprint density at radius 2 is 1.46 bits per heavy atom. The van der Waals surface area contributed by atoms with Crippen LogP contribution in [-0.4, -0.2) is 6.16 Å².